The highest BCUT2D eigenvalue weighted by Gasteiger charge is 2.11. The summed E-state index contributed by atoms with van der Waals surface area (Å²) in [5, 5.41) is 18.3. The van der Waals surface area contributed by atoms with Crippen LogP contribution in [0, 0.1) is 0 Å². The van der Waals surface area contributed by atoms with Gasteiger partial charge in [-0.2, -0.15) is 0 Å². The fraction of sp³-hybridized carbons (Fsp3) is 0.0833. The maximum absolute atomic E-state index is 10.8. The first-order chi connectivity index (χ1) is 8.70. The van der Waals surface area contributed by atoms with Gasteiger partial charge in [0.2, 0.25) is 0 Å². The molecule has 6 heteroatoms. The zero-order chi connectivity index (χ0) is 13.0. The lowest BCUT2D eigenvalue weighted by atomic mass is 10.2. The molecule has 0 aliphatic heterocycles. The average Bonchev–Trinajstić information content (AvgIpc) is 2.85. The Hall–Kier alpha value is -2.63. The molecule has 1 heterocycles. The lowest BCUT2D eigenvalue weighted by Crippen LogP contribution is -1.98. The van der Waals surface area contributed by atoms with E-state index in [0.717, 1.165) is 11.3 Å². The third kappa shape index (κ3) is 2.54. The van der Waals surface area contributed by atoms with Gasteiger partial charge in [0.05, 0.1) is 12.8 Å². The Balaban J connectivity index is 2.19. The molecule has 0 spiro atoms. The molecule has 0 atom stereocenters. The summed E-state index contributed by atoms with van der Waals surface area (Å²) in [7, 11) is 1.60. The number of nitrogens with zero attached hydrogens (tertiary/aromatic N) is 2. The van der Waals surface area contributed by atoms with E-state index in [0.29, 0.717) is 5.69 Å². The maximum atomic E-state index is 10.8. The Bertz CT molecular complexity index is 573. The summed E-state index contributed by atoms with van der Waals surface area (Å²) < 4.78 is 5.04. The standard InChI is InChI=1S/C12H11N3O3/c1-18-9-5-2-8(3-6-9)4-7-10-11(12(16)17)14-15-13-10/h2-7H,1H3,(H,16,17)(H,13,14,15). The SMILES string of the molecule is COc1ccc(C=Cc2[nH]nnc2C(=O)O)cc1. The number of hydrogen-bond acceptors (Lipinski definition) is 4. The number of aromatic amines is 1. The first-order valence-electron chi connectivity index (χ1n) is 5.17. The van der Waals surface area contributed by atoms with E-state index in [1.165, 1.54) is 0 Å². The number of hydrogen-bond donors (Lipinski definition) is 2. The highest BCUT2D eigenvalue weighted by atomic mass is 16.5. The van der Waals surface area contributed by atoms with E-state index in [4.69, 9.17) is 9.84 Å². The third-order valence-corrected chi connectivity index (χ3v) is 2.34. The Kier molecular flexibility index (Phi) is 3.38. The van der Waals surface area contributed by atoms with Crippen molar-refractivity contribution in [2.75, 3.05) is 7.11 Å². The van der Waals surface area contributed by atoms with Gasteiger partial charge in [-0.3, -0.25) is 5.10 Å². The number of carboxylic acids is 1. The number of aromatic nitrogens is 3. The molecule has 0 radical (unpaired) electrons. The van der Waals surface area contributed by atoms with Crippen LogP contribution in [0.5, 0.6) is 5.75 Å². The van der Waals surface area contributed by atoms with Crippen molar-refractivity contribution in [2.45, 2.75) is 0 Å². The van der Waals surface area contributed by atoms with E-state index >= 15 is 0 Å². The number of ether oxygens (including phenoxy) is 1. The number of methoxy groups -OCH3 is 1. The van der Waals surface area contributed by atoms with Crippen molar-refractivity contribution in [1.82, 2.24) is 15.4 Å². The van der Waals surface area contributed by atoms with E-state index in [9.17, 15) is 4.79 Å². The predicted octanol–water partition coefficient (Wildman–Crippen LogP) is 1.68. The quantitative estimate of drug-likeness (QED) is 0.855. The third-order valence-electron chi connectivity index (χ3n) is 2.34. The van der Waals surface area contributed by atoms with Gasteiger partial charge in [0, 0.05) is 0 Å². The van der Waals surface area contributed by atoms with Gasteiger partial charge in [0.25, 0.3) is 0 Å². The molecule has 1 aromatic heterocycles. The van der Waals surface area contributed by atoms with Crippen LogP contribution in [0.1, 0.15) is 21.7 Å². The number of rotatable bonds is 4. The molecule has 0 aliphatic carbocycles. The van der Waals surface area contributed by atoms with Crippen molar-refractivity contribution in [3.05, 3.63) is 41.2 Å². The second kappa shape index (κ2) is 5.13. The molecule has 2 N–H and O–H groups in total. The van der Waals surface area contributed by atoms with Gasteiger partial charge in [-0.25, -0.2) is 4.79 Å². The molecule has 0 aliphatic rings. The van der Waals surface area contributed by atoms with Crippen LogP contribution < -0.4 is 4.74 Å². The second-order valence-electron chi connectivity index (χ2n) is 3.49. The zero-order valence-corrected chi connectivity index (χ0v) is 9.62. The van der Waals surface area contributed by atoms with Gasteiger partial charge in [-0.1, -0.05) is 23.4 Å². The zero-order valence-electron chi connectivity index (χ0n) is 9.62. The minimum absolute atomic E-state index is 0.0974. The number of H-pyrrole nitrogens is 1. The predicted molar refractivity (Wildman–Crippen MR) is 65.3 cm³/mol. The van der Waals surface area contributed by atoms with Gasteiger partial charge < -0.3 is 9.84 Å². The topological polar surface area (TPSA) is 88.1 Å². The average molecular weight is 245 g/mol. The number of aromatic carboxylic acids is 1. The highest BCUT2D eigenvalue weighted by Crippen LogP contribution is 2.14. The largest absolute Gasteiger partial charge is 0.497 e. The number of nitrogens with one attached hydrogen (secondary N) is 1. The van der Waals surface area contributed by atoms with Crippen LogP contribution in [0.3, 0.4) is 0 Å². The first kappa shape index (κ1) is 11.8. The van der Waals surface area contributed by atoms with Gasteiger partial charge in [-0.15, -0.1) is 5.10 Å². The van der Waals surface area contributed by atoms with Crippen LogP contribution in [-0.4, -0.2) is 33.6 Å². The molecule has 18 heavy (non-hydrogen) atoms. The van der Waals surface area contributed by atoms with E-state index in [2.05, 4.69) is 15.4 Å². The van der Waals surface area contributed by atoms with Gasteiger partial charge in [0.15, 0.2) is 5.69 Å². The molecular formula is C12H11N3O3. The van der Waals surface area contributed by atoms with E-state index in [1.54, 1.807) is 19.3 Å². The molecule has 0 amide bonds. The molecule has 6 nitrogen and oxygen atoms in total. The van der Waals surface area contributed by atoms with Crippen molar-refractivity contribution in [3.8, 4) is 5.75 Å². The lowest BCUT2D eigenvalue weighted by molar-refractivity contribution is 0.0690. The van der Waals surface area contributed by atoms with E-state index in [-0.39, 0.29) is 5.69 Å². The van der Waals surface area contributed by atoms with Gasteiger partial charge in [-0.05, 0) is 23.8 Å². The Morgan fingerprint density at radius 1 is 1.33 bits per heavy atom. The van der Waals surface area contributed by atoms with Crippen LogP contribution in [0.15, 0.2) is 24.3 Å². The Morgan fingerprint density at radius 2 is 2.06 bits per heavy atom. The van der Waals surface area contributed by atoms with Crippen LogP contribution in [-0.2, 0) is 0 Å². The molecule has 0 fully saturated rings. The second-order valence-corrected chi connectivity index (χ2v) is 3.49. The van der Waals surface area contributed by atoms with Crippen LogP contribution in [0.2, 0.25) is 0 Å². The molecule has 92 valence electrons. The minimum atomic E-state index is -1.11. The summed E-state index contributed by atoms with van der Waals surface area (Å²) in [6, 6.07) is 7.37. The van der Waals surface area contributed by atoms with Crippen LogP contribution in [0.4, 0.5) is 0 Å². The molecular weight excluding hydrogens is 234 g/mol. The Morgan fingerprint density at radius 3 is 2.67 bits per heavy atom. The molecule has 0 bridgehead atoms. The van der Waals surface area contributed by atoms with Crippen molar-refractivity contribution in [1.29, 1.82) is 0 Å². The van der Waals surface area contributed by atoms with Crippen molar-refractivity contribution in [3.63, 3.8) is 0 Å². The van der Waals surface area contributed by atoms with Crippen molar-refractivity contribution >= 4 is 18.1 Å². The summed E-state index contributed by atoms with van der Waals surface area (Å²) in [6.45, 7) is 0. The first-order valence-corrected chi connectivity index (χ1v) is 5.17. The summed E-state index contributed by atoms with van der Waals surface area (Å²) in [5.41, 5.74) is 1.18. The maximum Gasteiger partial charge on any atom is 0.358 e. The van der Waals surface area contributed by atoms with Crippen molar-refractivity contribution in [2.24, 2.45) is 0 Å². The molecule has 2 aromatic rings. The lowest BCUT2D eigenvalue weighted by Gasteiger charge is -1.98. The summed E-state index contributed by atoms with van der Waals surface area (Å²) in [5.74, 6) is -0.347. The summed E-state index contributed by atoms with van der Waals surface area (Å²) in [6.07, 6.45) is 3.38. The molecule has 0 saturated carbocycles. The summed E-state index contributed by atoms with van der Waals surface area (Å²) in [4.78, 5) is 10.8. The fourth-order valence-corrected chi connectivity index (χ4v) is 1.40. The number of carboxylic acid groups (broad SMARTS) is 1. The van der Waals surface area contributed by atoms with Crippen molar-refractivity contribution < 1.29 is 14.6 Å². The van der Waals surface area contributed by atoms with Gasteiger partial charge in [0.1, 0.15) is 5.75 Å². The minimum Gasteiger partial charge on any atom is -0.497 e. The summed E-state index contributed by atoms with van der Waals surface area (Å²) >= 11 is 0. The Labute approximate surface area is 103 Å². The number of benzene rings is 1. The normalized spacial score (nSPS) is 10.7. The highest BCUT2D eigenvalue weighted by molar-refractivity contribution is 5.90. The molecule has 1 aromatic carbocycles. The fourth-order valence-electron chi connectivity index (χ4n) is 1.40. The van der Waals surface area contributed by atoms with Gasteiger partial charge >= 0.3 is 5.97 Å². The van der Waals surface area contributed by atoms with E-state index in [1.807, 2.05) is 24.3 Å². The smallest absolute Gasteiger partial charge is 0.358 e. The van der Waals surface area contributed by atoms with E-state index < -0.39 is 5.97 Å². The number of carbonyl (C=O) groups is 1. The molecule has 2 rings (SSSR count). The molecule has 0 unspecified atom stereocenters. The van der Waals surface area contributed by atoms with Crippen LogP contribution in [0.25, 0.3) is 12.2 Å². The monoisotopic (exact) mass is 245 g/mol. The molecule has 0 saturated heterocycles. The van der Waals surface area contributed by atoms with Crippen LogP contribution >= 0.6 is 0 Å².